The van der Waals surface area contributed by atoms with E-state index in [1.54, 1.807) is 19.2 Å². The standard InChI is InChI=1S/C29H38BNO8/c1-18(14-19-8-10-21(32)11-9-19)7-12-24-26-20(17-38-2)15-22-27(23(26)16-30(37)39-24)29(36)31(28(22)35)13-5-3-4-6-25(33)34/h8-11,14,22-24,27,32,37H,3-7,12-13,15-17H2,1-2H3,(H,33,34)/b18-14+/t22-,23+,24-,27-/m1/s1. The van der Waals surface area contributed by atoms with E-state index in [-0.39, 0.29) is 48.9 Å². The van der Waals surface area contributed by atoms with Gasteiger partial charge in [-0.1, -0.05) is 30.2 Å². The van der Waals surface area contributed by atoms with Crippen molar-refractivity contribution in [3.8, 4) is 5.75 Å². The van der Waals surface area contributed by atoms with Crippen LogP contribution in [-0.4, -0.2) is 71.4 Å². The van der Waals surface area contributed by atoms with Crippen LogP contribution < -0.4 is 0 Å². The van der Waals surface area contributed by atoms with Crippen LogP contribution in [0.4, 0.5) is 0 Å². The monoisotopic (exact) mass is 539 g/mol. The number of carbonyl (C=O) groups is 3. The van der Waals surface area contributed by atoms with Crippen LogP contribution in [0, 0.1) is 17.8 Å². The Labute approximate surface area is 229 Å². The van der Waals surface area contributed by atoms with Gasteiger partial charge in [0.15, 0.2) is 0 Å². The number of rotatable bonds is 12. The lowest BCUT2D eigenvalue weighted by atomic mass is 9.58. The second-order valence-electron chi connectivity index (χ2n) is 10.9. The third-order valence-electron chi connectivity index (χ3n) is 8.10. The summed E-state index contributed by atoms with van der Waals surface area (Å²) in [4.78, 5) is 39.0. The van der Waals surface area contributed by atoms with Crippen LogP contribution in [0.1, 0.15) is 57.4 Å². The van der Waals surface area contributed by atoms with Crippen LogP contribution in [0.25, 0.3) is 6.08 Å². The minimum absolute atomic E-state index is 0.0752. The van der Waals surface area contributed by atoms with Crippen LogP contribution >= 0.6 is 0 Å². The Morgan fingerprint density at radius 3 is 2.56 bits per heavy atom. The predicted octanol–water partition coefficient (Wildman–Crippen LogP) is 3.66. The van der Waals surface area contributed by atoms with Crippen LogP contribution in [0.5, 0.6) is 5.75 Å². The van der Waals surface area contributed by atoms with Crippen molar-refractivity contribution in [1.82, 2.24) is 4.90 Å². The number of aliphatic carboxylic acids is 1. The molecule has 0 bridgehead atoms. The van der Waals surface area contributed by atoms with Gasteiger partial charge < -0.3 is 24.6 Å². The molecule has 2 saturated heterocycles. The van der Waals surface area contributed by atoms with Crippen molar-refractivity contribution >= 4 is 31.0 Å². The third kappa shape index (κ3) is 6.80. The lowest BCUT2D eigenvalue weighted by Gasteiger charge is -2.43. The Kier molecular flexibility index (Phi) is 9.64. The Morgan fingerprint density at radius 2 is 1.87 bits per heavy atom. The molecule has 3 aliphatic rings. The Morgan fingerprint density at radius 1 is 1.13 bits per heavy atom. The summed E-state index contributed by atoms with van der Waals surface area (Å²) in [6.07, 6.45) is 5.46. The van der Waals surface area contributed by atoms with Crippen molar-refractivity contribution in [2.75, 3.05) is 20.3 Å². The molecule has 0 spiro atoms. The van der Waals surface area contributed by atoms with Crippen molar-refractivity contribution < 1.29 is 39.0 Å². The van der Waals surface area contributed by atoms with Gasteiger partial charge in [0.25, 0.3) is 0 Å². The minimum Gasteiger partial charge on any atom is -0.508 e. The third-order valence-corrected chi connectivity index (χ3v) is 8.10. The van der Waals surface area contributed by atoms with Gasteiger partial charge in [-0.15, -0.1) is 0 Å². The topological polar surface area (TPSA) is 134 Å². The van der Waals surface area contributed by atoms with E-state index in [0.29, 0.717) is 45.1 Å². The molecule has 0 radical (unpaired) electrons. The van der Waals surface area contributed by atoms with Crippen LogP contribution in [0.15, 0.2) is 41.0 Å². The number of phenolic OH excluding ortho intramolecular Hbond substituents is 1. The maximum Gasteiger partial charge on any atom is 0.455 e. The number of phenols is 1. The van der Waals surface area contributed by atoms with Crippen molar-refractivity contribution in [2.24, 2.45) is 17.8 Å². The molecule has 2 heterocycles. The van der Waals surface area contributed by atoms with Crippen molar-refractivity contribution in [1.29, 1.82) is 0 Å². The molecule has 210 valence electrons. The van der Waals surface area contributed by atoms with E-state index >= 15 is 0 Å². The van der Waals surface area contributed by atoms with Gasteiger partial charge in [0.05, 0.1) is 24.5 Å². The Hall–Kier alpha value is -2.95. The number of allylic oxidation sites excluding steroid dienone is 1. The molecule has 3 N–H and O–H groups in total. The first-order valence-electron chi connectivity index (χ1n) is 13.8. The highest BCUT2D eigenvalue weighted by Gasteiger charge is 2.57. The van der Waals surface area contributed by atoms with Gasteiger partial charge in [-0.25, -0.2) is 0 Å². The average Bonchev–Trinajstić information content (AvgIpc) is 3.12. The average molecular weight is 539 g/mol. The number of carbonyl (C=O) groups excluding carboxylic acids is 2. The number of methoxy groups -OCH3 is 1. The zero-order valence-corrected chi connectivity index (χ0v) is 22.7. The largest absolute Gasteiger partial charge is 0.508 e. The fourth-order valence-electron chi connectivity index (χ4n) is 6.37. The molecule has 1 aliphatic carbocycles. The summed E-state index contributed by atoms with van der Waals surface area (Å²) < 4.78 is 11.5. The Balaban J connectivity index is 1.50. The number of aromatic hydroxyl groups is 1. The first kappa shape index (κ1) is 29.0. The zero-order chi connectivity index (χ0) is 28.1. The van der Waals surface area contributed by atoms with Crippen molar-refractivity contribution in [3.05, 3.63) is 46.5 Å². The molecule has 10 heteroatoms. The summed E-state index contributed by atoms with van der Waals surface area (Å²) >= 11 is 0. The smallest absolute Gasteiger partial charge is 0.455 e. The van der Waals surface area contributed by atoms with Gasteiger partial charge in [0, 0.05) is 20.1 Å². The number of amides is 2. The molecular formula is C29H38BNO8. The maximum atomic E-state index is 13.6. The number of benzene rings is 1. The molecule has 2 fully saturated rings. The van der Waals surface area contributed by atoms with E-state index in [1.807, 2.05) is 25.1 Å². The highest BCUT2D eigenvalue weighted by molar-refractivity contribution is 6.43. The normalized spacial score (nSPS) is 25.3. The SMILES string of the molecule is COCC1=C2[C@@H](CC/C(C)=C/c3ccc(O)cc3)OB(O)C[C@@H]2[C@@H]2C(=O)N(CCCCCC(=O)O)C(=O)[C@@H]2C1. The molecule has 0 saturated carbocycles. The summed E-state index contributed by atoms with van der Waals surface area (Å²) in [7, 11) is 0.582. The number of unbranched alkanes of at least 4 members (excludes halogenated alkanes) is 2. The number of imide groups is 1. The summed E-state index contributed by atoms with van der Waals surface area (Å²) in [6.45, 7) is 2.65. The molecule has 2 aliphatic heterocycles. The molecule has 2 amide bonds. The fourth-order valence-corrected chi connectivity index (χ4v) is 6.37. The molecule has 1 aromatic rings. The molecule has 1 aromatic carbocycles. The number of fused-ring (bicyclic) bond motifs is 3. The number of hydrogen-bond acceptors (Lipinski definition) is 7. The van der Waals surface area contributed by atoms with Gasteiger partial charge >= 0.3 is 13.1 Å². The fraction of sp³-hybridized carbons (Fsp3) is 0.552. The molecule has 4 rings (SSSR count). The maximum absolute atomic E-state index is 13.6. The number of nitrogens with zero attached hydrogens (tertiary/aromatic N) is 1. The van der Waals surface area contributed by atoms with Gasteiger partial charge in [0.2, 0.25) is 11.8 Å². The van der Waals surface area contributed by atoms with Crippen molar-refractivity contribution in [2.45, 2.75) is 64.3 Å². The number of ether oxygens (including phenoxy) is 1. The number of hydrogen-bond donors (Lipinski definition) is 3. The van der Waals surface area contributed by atoms with Gasteiger partial charge in [-0.05, 0) is 80.1 Å². The molecule has 9 nitrogen and oxygen atoms in total. The first-order chi connectivity index (χ1) is 18.7. The minimum atomic E-state index is -1.03. The highest BCUT2D eigenvalue weighted by Crippen LogP contribution is 2.50. The molecule has 0 aromatic heterocycles. The lowest BCUT2D eigenvalue weighted by molar-refractivity contribution is -0.141. The van der Waals surface area contributed by atoms with Gasteiger partial charge in [0.1, 0.15) is 5.75 Å². The first-order valence-corrected chi connectivity index (χ1v) is 13.8. The van der Waals surface area contributed by atoms with E-state index in [9.17, 15) is 24.5 Å². The number of likely N-dealkylation sites (tertiary alicyclic amines) is 1. The van der Waals surface area contributed by atoms with E-state index in [0.717, 1.165) is 22.3 Å². The summed E-state index contributed by atoms with van der Waals surface area (Å²) in [6, 6.07) is 6.97. The van der Waals surface area contributed by atoms with Crippen molar-refractivity contribution in [3.63, 3.8) is 0 Å². The van der Waals surface area contributed by atoms with Gasteiger partial charge in [-0.2, -0.15) is 0 Å². The molecule has 39 heavy (non-hydrogen) atoms. The number of carboxylic acids is 1. The van der Waals surface area contributed by atoms with E-state index in [2.05, 4.69) is 0 Å². The van der Waals surface area contributed by atoms with E-state index in [1.165, 1.54) is 4.90 Å². The van der Waals surface area contributed by atoms with Crippen LogP contribution in [-0.2, 0) is 23.8 Å². The molecule has 0 unspecified atom stereocenters. The molecule has 4 atom stereocenters. The van der Waals surface area contributed by atoms with E-state index in [4.69, 9.17) is 14.5 Å². The molecular weight excluding hydrogens is 501 g/mol. The summed E-state index contributed by atoms with van der Waals surface area (Å²) in [5.74, 6) is -2.31. The highest BCUT2D eigenvalue weighted by atomic mass is 16.5. The second-order valence-corrected chi connectivity index (χ2v) is 10.9. The van der Waals surface area contributed by atoms with Gasteiger partial charge in [-0.3, -0.25) is 19.3 Å². The summed E-state index contributed by atoms with van der Waals surface area (Å²) in [5.41, 5.74) is 4.06. The quantitative estimate of drug-likeness (QED) is 0.159. The zero-order valence-electron chi connectivity index (χ0n) is 22.7. The predicted molar refractivity (Wildman–Crippen MR) is 145 cm³/mol. The number of carboxylic acid groups (broad SMARTS) is 1. The van der Waals surface area contributed by atoms with Crippen LogP contribution in [0.3, 0.4) is 0 Å². The lowest BCUT2D eigenvalue weighted by Crippen LogP contribution is -2.46. The summed E-state index contributed by atoms with van der Waals surface area (Å²) in [5, 5.41) is 29.0. The van der Waals surface area contributed by atoms with Crippen LogP contribution in [0.2, 0.25) is 6.32 Å². The Bertz CT molecular complexity index is 1130. The second kappa shape index (κ2) is 12.9. The van der Waals surface area contributed by atoms with E-state index < -0.39 is 24.9 Å².